The van der Waals surface area contributed by atoms with E-state index in [0.29, 0.717) is 6.04 Å². The van der Waals surface area contributed by atoms with Crippen LogP contribution in [0.2, 0.25) is 0 Å². The summed E-state index contributed by atoms with van der Waals surface area (Å²) in [5.74, 6) is 0.873. The van der Waals surface area contributed by atoms with E-state index in [0.717, 1.165) is 12.3 Å². The fourth-order valence-electron chi connectivity index (χ4n) is 2.18. The smallest absolute Gasteiger partial charge is 0.0300 e. The maximum absolute atomic E-state index is 4.14. The Morgan fingerprint density at radius 3 is 3.21 bits per heavy atom. The van der Waals surface area contributed by atoms with E-state index in [-0.39, 0.29) is 0 Å². The van der Waals surface area contributed by atoms with E-state index in [1.165, 1.54) is 24.9 Å². The van der Waals surface area contributed by atoms with Gasteiger partial charge in [-0.25, -0.2) is 0 Å². The Balaban J connectivity index is 1.91. The van der Waals surface area contributed by atoms with Crippen LogP contribution in [0.15, 0.2) is 24.5 Å². The molecule has 0 spiro atoms. The van der Waals surface area contributed by atoms with Crippen LogP contribution in [0, 0.1) is 5.92 Å². The Kier molecular flexibility index (Phi) is 3.14. The second-order valence-corrected chi connectivity index (χ2v) is 4.35. The van der Waals surface area contributed by atoms with Crippen molar-refractivity contribution in [3.05, 3.63) is 30.1 Å². The molecule has 0 bridgehead atoms. The Labute approximate surface area is 85.7 Å². The molecule has 2 heteroatoms. The molecule has 0 saturated carbocycles. The van der Waals surface area contributed by atoms with Gasteiger partial charge >= 0.3 is 0 Å². The minimum atomic E-state index is 0.656. The first kappa shape index (κ1) is 9.66. The molecule has 1 N–H and O–H groups in total. The van der Waals surface area contributed by atoms with Crippen molar-refractivity contribution in [2.45, 2.75) is 32.2 Å². The van der Waals surface area contributed by atoms with Gasteiger partial charge in [0.15, 0.2) is 0 Å². The second kappa shape index (κ2) is 4.56. The first-order chi connectivity index (χ1) is 6.84. The normalized spacial score (nSPS) is 27.5. The summed E-state index contributed by atoms with van der Waals surface area (Å²) in [5, 5.41) is 3.57. The van der Waals surface area contributed by atoms with Crippen LogP contribution in [0.25, 0.3) is 0 Å². The average molecular weight is 190 g/mol. The van der Waals surface area contributed by atoms with Crippen molar-refractivity contribution >= 4 is 0 Å². The van der Waals surface area contributed by atoms with Crippen molar-refractivity contribution in [1.29, 1.82) is 0 Å². The fourth-order valence-corrected chi connectivity index (χ4v) is 2.18. The second-order valence-electron chi connectivity index (χ2n) is 4.35. The molecular weight excluding hydrogens is 172 g/mol. The molecule has 2 unspecified atom stereocenters. The maximum atomic E-state index is 4.14. The highest BCUT2D eigenvalue weighted by Crippen LogP contribution is 2.17. The molecule has 2 heterocycles. The van der Waals surface area contributed by atoms with Crippen LogP contribution in [0.5, 0.6) is 0 Å². The maximum Gasteiger partial charge on any atom is 0.0300 e. The lowest BCUT2D eigenvalue weighted by Crippen LogP contribution is -2.38. The first-order valence-corrected chi connectivity index (χ1v) is 5.47. The third kappa shape index (κ3) is 2.55. The number of nitrogens with zero attached hydrogens (tertiary/aromatic N) is 1. The lowest BCUT2D eigenvalue weighted by atomic mass is 9.91. The molecule has 1 aliphatic heterocycles. The zero-order valence-electron chi connectivity index (χ0n) is 8.74. The van der Waals surface area contributed by atoms with Crippen LogP contribution < -0.4 is 5.32 Å². The van der Waals surface area contributed by atoms with Gasteiger partial charge in [-0.3, -0.25) is 4.98 Å². The molecule has 0 aromatic carbocycles. The third-order valence-electron chi connectivity index (χ3n) is 2.96. The number of piperidine rings is 1. The monoisotopic (exact) mass is 190 g/mol. The van der Waals surface area contributed by atoms with Crippen molar-refractivity contribution < 1.29 is 0 Å². The topological polar surface area (TPSA) is 24.9 Å². The van der Waals surface area contributed by atoms with Crippen LogP contribution in [0.3, 0.4) is 0 Å². The molecule has 1 saturated heterocycles. The molecule has 76 valence electrons. The summed E-state index contributed by atoms with van der Waals surface area (Å²) in [6, 6.07) is 4.83. The summed E-state index contributed by atoms with van der Waals surface area (Å²) in [6.07, 6.45) is 7.55. The highest BCUT2D eigenvalue weighted by molar-refractivity contribution is 5.10. The molecule has 2 rings (SSSR count). The van der Waals surface area contributed by atoms with Gasteiger partial charge in [-0.2, -0.15) is 0 Å². The lowest BCUT2D eigenvalue weighted by molar-refractivity contribution is 0.318. The molecule has 1 aromatic rings. The Morgan fingerprint density at radius 1 is 1.57 bits per heavy atom. The van der Waals surface area contributed by atoms with Gasteiger partial charge < -0.3 is 5.32 Å². The van der Waals surface area contributed by atoms with Crippen LogP contribution in [-0.2, 0) is 6.42 Å². The van der Waals surface area contributed by atoms with E-state index in [2.05, 4.69) is 23.3 Å². The van der Waals surface area contributed by atoms with E-state index in [4.69, 9.17) is 0 Å². The van der Waals surface area contributed by atoms with E-state index >= 15 is 0 Å². The highest BCUT2D eigenvalue weighted by atomic mass is 14.9. The number of hydrogen-bond acceptors (Lipinski definition) is 2. The standard InChI is InChI=1S/C12H18N2/c1-10-4-6-14-12(7-10)8-11-3-2-5-13-9-11/h2-3,5,9-10,12,14H,4,6-8H2,1H3. The molecular formula is C12H18N2. The predicted molar refractivity (Wildman–Crippen MR) is 58.1 cm³/mol. The molecule has 0 radical (unpaired) electrons. The van der Waals surface area contributed by atoms with E-state index < -0.39 is 0 Å². The van der Waals surface area contributed by atoms with Crippen LogP contribution in [0.1, 0.15) is 25.3 Å². The summed E-state index contributed by atoms with van der Waals surface area (Å²) in [4.78, 5) is 4.14. The largest absolute Gasteiger partial charge is 0.314 e. The highest BCUT2D eigenvalue weighted by Gasteiger charge is 2.17. The van der Waals surface area contributed by atoms with Gasteiger partial charge in [-0.05, 0) is 43.4 Å². The summed E-state index contributed by atoms with van der Waals surface area (Å²) >= 11 is 0. The third-order valence-corrected chi connectivity index (χ3v) is 2.96. The van der Waals surface area contributed by atoms with Gasteiger partial charge in [-0.1, -0.05) is 13.0 Å². The van der Waals surface area contributed by atoms with Crippen LogP contribution >= 0.6 is 0 Å². The first-order valence-electron chi connectivity index (χ1n) is 5.47. The molecule has 0 aliphatic carbocycles. The van der Waals surface area contributed by atoms with Gasteiger partial charge in [0, 0.05) is 18.4 Å². The lowest BCUT2D eigenvalue weighted by Gasteiger charge is -2.28. The van der Waals surface area contributed by atoms with Crippen LogP contribution in [0.4, 0.5) is 0 Å². The van der Waals surface area contributed by atoms with Gasteiger partial charge in [-0.15, -0.1) is 0 Å². The molecule has 0 amide bonds. The van der Waals surface area contributed by atoms with Crippen molar-refractivity contribution in [2.75, 3.05) is 6.54 Å². The number of nitrogens with one attached hydrogen (secondary N) is 1. The zero-order valence-corrected chi connectivity index (χ0v) is 8.74. The SMILES string of the molecule is CC1CCNC(Cc2cccnc2)C1. The predicted octanol–water partition coefficient (Wildman–Crippen LogP) is 2.01. The van der Waals surface area contributed by atoms with Gasteiger partial charge in [0.25, 0.3) is 0 Å². The number of rotatable bonds is 2. The van der Waals surface area contributed by atoms with Crippen molar-refractivity contribution in [3.8, 4) is 0 Å². The Bertz CT molecular complexity index is 271. The quantitative estimate of drug-likeness (QED) is 0.771. The summed E-state index contributed by atoms with van der Waals surface area (Å²) in [6.45, 7) is 3.52. The van der Waals surface area contributed by atoms with Gasteiger partial charge in [0.2, 0.25) is 0 Å². The van der Waals surface area contributed by atoms with Crippen molar-refractivity contribution in [3.63, 3.8) is 0 Å². The van der Waals surface area contributed by atoms with Crippen LogP contribution in [-0.4, -0.2) is 17.6 Å². The minimum Gasteiger partial charge on any atom is -0.314 e. The van der Waals surface area contributed by atoms with Crippen molar-refractivity contribution in [1.82, 2.24) is 10.3 Å². The molecule has 2 nitrogen and oxygen atoms in total. The molecule has 14 heavy (non-hydrogen) atoms. The summed E-state index contributed by atoms with van der Waals surface area (Å²) in [7, 11) is 0. The number of hydrogen-bond donors (Lipinski definition) is 1. The summed E-state index contributed by atoms with van der Waals surface area (Å²) < 4.78 is 0. The fraction of sp³-hybridized carbons (Fsp3) is 0.583. The molecule has 2 atom stereocenters. The van der Waals surface area contributed by atoms with E-state index in [1.807, 2.05) is 18.5 Å². The number of aromatic nitrogens is 1. The number of pyridine rings is 1. The van der Waals surface area contributed by atoms with Gasteiger partial charge in [0.1, 0.15) is 0 Å². The molecule has 1 aromatic heterocycles. The van der Waals surface area contributed by atoms with E-state index in [9.17, 15) is 0 Å². The van der Waals surface area contributed by atoms with Crippen molar-refractivity contribution in [2.24, 2.45) is 5.92 Å². The molecule has 1 fully saturated rings. The Hall–Kier alpha value is -0.890. The van der Waals surface area contributed by atoms with Gasteiger partial charge in [0.05, 0.1) is 0 Å². The summed E-state index contributed by atoms with van der Waals surface area (Å²) in [5.41, 5.74) is 1.35. The molecule has 1 aliphatic rings. The Morgan fingerprint density at radius 2 is 2.50 bits per heavy atom. The zero-order chi connectivity index (χ0) is 9.80. The average Bonchev–Trinajstić information content (AvgIpc) is 2.19. The van der Waals surface area contributed by atoms with E-state index in [1.54, 1.807) is 0 Å². The minimum absolute atomic E-state index is 0.656.